The molecule has 0 aliphatic heterocycles. The molecule has 0 saturated carbocycles. The molecule has 1 atom stereocenters. The molecule has 1 aromatic carbocycles. The van der Waals surface area contributed by atoms with Crippen LogP contribution in [-0.4, -0.2) is 8.42 Å². The van der Waals surface area contributed by atoms with Crippen LogP contribution in [0.1, 0.15) is 35.8 Å². The summed E-state index contributed by atoms with van der Waals surface area (Å²) in [5, 5.41) is 0. The molecule has 0 unspecified atom stereocenters. The first-order chi connectivity index (χ1) is 10.1. The van der Waals surface area contributed by atoms with Crippen molar-refractivity contribution in [3.05, 3.63) is 59.3 Å². The largest absolute Gasteiger partial charge is 0.469 e. The minimum absolute atomic E-state index is 0.174. The summed E-state index contributed by atoms with van der Waals surface area (Å²) in [6.45, 7) is 0. The molecule has 0 fully saturated rings. The van der Waals surface area contributed by atoms with E-state index in [9.17, 15) is 12.8 Å². The maximum atomic E-state index is 13.6. The predicted molar refractivity (Wildman–Crippen MR) is 76.5 cm³/mol. The summed E-state index contributed by atoms with van der Waals surface area (Å²) in [7, 11) is -3.61. The van der Waals surface area contributed by atoms with E-state index in [0.29, 0.717) is 0 Å². The van der Waals surface area contributed by atoms with Crippen molar-refractivity contribution >= 4 is 10.0 Å². The van der Waals surface area contributed by atoms with Crippen LogP contribution in [0.2, 0.25) is 0 Å². The van der Waals surface area contributed by atoms with Crippen molar-refractivity contribution in [2.24, 2.45) is 0 Å². The number of halogens is 1. The van der Waals surface area contributed by atoms with Gasteiger partial charge in [-0.15, -0.1) is 0 Å². The smallest absolute Gasteiger partial charge is 0.216 e. The average Bonchev–Trinajstić information content (AvgIpc) is 2.90. The fourth-order valence-corrected chi connectivity index (χ4v) is 4.09. The standard InChI is InChI=1S/C15H16FNO3S/c16-13-5-2-1-4-11(13)10-21(18,19)17-14-6-3-7-15-12(14)8-9-20-15/h1-2,4-5,8-9,14,17H,3,6-7,10H2/t14-/m0/s1. The molecule has 1 aliphatic rings. The Morgan fingerprint density at radius 2 is 2.10 bits per heavy atom. The number of benzene rings is 1. The van der Waals surface area contributed by atoms with Gasteiger partial charge in [-0.05, 0) is 25.0 Å². The number of sulfonamides is 1. The molecule has 1 aliphatic carbocycles. The highest BCUT2D eigenvalue weighted by Crippen LogP contribution is 2.31. The number of furan rings is 1. The predicted octanol–water partition coefficient (Wildman–Crippen LogP) is 2.92. The summed E-state index contributed by atoms with van der Waals surface area (Å²) in [4.78, 5) is 0. The molecule has 1 aromatic heterocycles. The summed E-state index contributed by atoms with van der Waals surface area (Å²) in [6, 6.07) is 7.42. The lowest BCUT2D eigenvalue weighted by atomic mass is 9.94. The van der Waals surface area contributed by atoms with Gasteiger partial charge >= 0.3 is 0 Å². The Hall–Kier alpha value is -1.66. The third-order valence-electron chi connectivity index (χ3n) is 3.68. The summed E-state index contributed by atoms with van der Waals surface area (Å²) >= 11 is 0. The van der Waals surface area contributed by atoms with Crippen LogP contribution in [0.25, 0.3) is 0 Å². The molecular weight excluding hydrogens is 293 g/mol. The van der Waals surface area contributed by atoms with Crippen molar-refractivity contribution in [1.82, 2.24) is 4.72 Å². The second-order valence-electron chi connectivity index (χ2n) is 5.21. The van der Waals surface area contributed by atoms with Crippen molar-refractivity contribution in [2.75, 3.05) is 0 Å². The van der Waals surface area contributed by atoms with Crippen molar-refractivity contribution in [2.45, 2.75) is 31.1 Å². The molecule has 6 heteroatoms. The Labute approximate surface area is 123 Å². The van der Waals surface area contributed by atoms with Crippen LogP contribution in [0, 0.1) is 5.82 Å². The van der Waals surface area contributed by atoms with Gasteiger partial charge in [-0.3, -0.25) is 0 Å². The number of hydrogen-bond donors (Lipinski definition) is 1. The zero-order valence-electron chi connectivity index (χ0n) is 11.4. The van der Waals surface area contributed by atoms with E-state index in [2.05, 4.69) is 4.72 Å². The van der Waals surface area contributed by atoms with Gasteiger partial charge in [-0.25, -0.2) is 17.5 Å². The molecule has 1 N–H and O–H groups in total. The molecule has 3 rings (SSSR count). The van der Waals surface area contributed by atoms with E-state index in [4.69, 9.17) is 4.42 Å². The highest BCUT2D eigenvalue weighted by Gasteiger charge is 2.27. The Morgan fingerprint density at radius 3 is 2.90 bits per heavy atom. The van der Waals surface area contributed by atoms with Crippen molar-refractivity contribution in [3.8, 4) is 0 Å². The highest BCUT2D eigenvalue weighted by molar-refractivity contribution is 7.88. The van der Waals surface area contributed by atoms with E-state index >= 15 is 0 Å². The summed E-state index contributed by atoms with van der Waals surface area (Å²) in [5.74, 6) is -0.0287. The summed E-state index contributed by atoms with van der Waals surface area (Å²) in [5.41, 5.74) is 1.06. The molecule has 0 saturated heterocycles. The Bertz CT molecular complexity index is 739. The fourth-order valence-electron chi connectivity index (χ4n) is 2.69. The van der Waals surface area contributed by atoms with Gasteiger partial charge in [-0.1, -0.05) is 18.2 Å². The van der Waals surface area contributed by atoms with Gasteiger partial charge in [0.1, 0.15) is 11.6 Å². The van der Waals surface area contributed by atoms with E-state index in [1.165, 1.54) is 18.2 Å². The van der Waals surface area contributed by atoms with Gasteiger partial charge in [0.15, 0.2) is 0 Å². The maximum Gasteiger partial charge on any atom is 0.216 e. The lowest BCUT2D eigenvalue weighted by Gasteiger charge is -2.22. The molecule has 0 radical (unpaired) electrons. The summed E-state index contributed by atoms with van der Waals surface area (Å²) < 4.78 is 46.1. The van der Waals surface area contributed by atoms with Crippen molar-refractivity contribution in [1.29, 1.82) is 0 Å². The Morgan fingerprint density at radius 1 is 1.29 bits per heavy atom. The third-order valence-corrected chi connectivity index (χ3v) is 5.01. The van der Waals surface area contributed by atoms with Gasteiger partial charge in [0.2, 0.25) is 10.0 Å². The second-order valence-corrected chi connectivity index (χ2v) is 6.97. The second kappa shape index (κ2) is 5.61. The first-order valence-electron chi connectivity index (χ1n) is 6.85. The van der Waals surface area contributed by atoms with E-state index in [1.807, 2.05) is 0 Å². The van der Waals surface area contributed by atoms with Crippen LogP contribution in [0.4, 0.5) is 4.39 Å². The van der Waals surface area contributed by atoms with Crippen LogP contribution >= 0.6 is 0 Å². The molecule has 0 amide bonds. The molecule has 0 spiro atoms. The molecular formula is C15H16FNO3S. The number of nitrogens with one attached hydrogen (secondary N) is 1. The van der Waals surface area contributed by atoms with E-state index in [1.54, 1.807) is 18.4 Å². The topological polar surface area (TPSA) is 59.3 Å². The van der Waals surface area contributed by atoms with Crippen LogP contribution in [0.3, 0.4) is 0 Å². The molecule has 4 nitrogen and oxygen atoms in total. The van der Waals surface area contributed by atoms with Crippen LogP contribution in [-0.2, 0) is 22.2 Å². The number of hydrogen-bond acceptors (Lipinski definition) is 3. The van der Waals surface area contributed by atoms with Gasteiger partial charge in [-0.2, -0.15) is 0 Å². The van der Waals surface area contributed by atoms with E-state index in [0.717, 1.165) is 30.6 Å². The zero-order chi connectivity index (χ0) is 14.9. The number of rotatable bonds is 4. The van der Waals surface area contributed by atoms with E-state index in [-0.39, 0.29) is 17.4 Å². The molecule has 21 heavy (non-hydrogen) atoms. The molecule has 1 heterocycles. The quantitative estimate of drug-likeness (QED) is 0.944. The summed E-state index contributed by atoms with van der Waals surface area (Å²) in [6.07, 6.45) is 4.00. The van der Waals surface area contributed by atoms with Gasteiger partial charge in [0.05, 0.1) is 18.1 Å². The molecule has 112 valence electrons. The highest BCUT2D eigenvalue weighted by atomic mass is 32.2. The fraction of sp³-hybridized carbons (Fsp3) is 0.333. The number of fused-ring (bicyclic) bond motifs is 1. The third kappa shape index (κ3) is 3.16. The normalized spacial score (nSPS) is 18.4. The van der Waals surface area contributed by atoms with Crippen LogP contribution < -0.4 is 4.72 Å². The van der Waals surface area contributed by atoms with Crippen molar-refractivity contribution < 1.29 is 17.2 Å². The Balaban J connectivity index is 1.78. The molecule has 2 aromatic rings. The SMILES string of the molecule is O=S(=O)(Cc1ccccc1F)N[C@H]1CCCc2occc21. The lowest BCUT2D eigenvalue weighted by molar-refractivity contribution is 0.438. The zero-order valence-corrected chi connectivity index (χ0v) is 12.2. The number of aryl methyl sites for hydroxylation is 1. The van der Waals surface area contributed by atoms with Crippen LogP contribution in [0.15, 0.2) is 41.0 Å². The molecule has 0 bridgehead atoms. The van der Waals surface area contributed by atoms with E-state index < -0.39 is 15.8 Å². The maximum absolute atomic E-state index is 13.6. The minimum atomic E-state index is -3.61. The van der Waals surface area contributed by atoms with Gasteiger partial charge < -0.3 is 4.42 Å². The Kier molecular flexibility index (Phi) is 3.82. The first-order valence-corrected chi connectivity index (χ1v) is 8.50. The lowest BCUT2D eigenvalue weighted by Crippen LogP contribution is -2.31. The van der Waals surface area contributed by atoms with Gasteiger partial charge in [0, 0.05) is 17.5 Å². The minimum Gasteiger partial charge on any atom is -0.469 e. The van der Waals surface area contributed by atoms with Crippen molar-refractivity contribution in [3.63, 3.8) is 0 Å². The first kappa shape index (κ1) is 14.3. The van der Waals surface area contributed by atoms with Gasteiger partial charge in [0.25, 0.3) is 0 Å². The average molecular weight is 309 g/mol. The van der Waals surface area contributed by atoms with Crippen LogP contribution in [0.5, 0.6) is 0 Å². The monoisotopic (exact) mass is 309 g/mol.